The van der Waals surface area contributed by atoms with Crippen LogP contribution in [0.5, 0.6) is 0 Å². The average molecular weight is 428 g/mol. The summed E-state index contributed by atoms with van der Waals surface area (Å²) in [6, 6.07) is 6.77. The zero-order chi connectivity index (χ0) is 22.1. The molecule has 0 bridgehead atoms. The fraction of sp³-hybridized carbons (Fsp3) is 0.450. The van der Waals surface area contributed by atoms with Gasteiger partial charge in [-0.3, -0.25) is 4.79 Å². The fourth-order valence-corrected chi connectivity index (χ4v) is 3.46. The van der Waals surface area contributed by atoms with Crippen molar-refractivity contribution in [2.24, 2.45) is 0 Å². The maximum atomic E-state index is 13.7. The lowest BCUT2D eigenvalue weighted by atomic mass is 10.1. The van der Waals surface area contributed by atoms with E-state index < -0.39 is 35.7 Å². The first kappa shape index (κ1) is 21.9. The van der Waals surface area contributed by atoms with E-state index in [2.05, 4.69) is 15.5 Å². The van der Waals surface area contributed by atoms with Gasteiger partial charge in [-0.05, 0) is 43.5 Å². The standard InChI is InChI=1S/C20H21F5N4O/c1-12-5-3-6-14(11-12)26-18(30)15-13(2)16(20(23,24)25)27-28-17(15)29-9-4-7-19(21,22)8-10-29/h3,5-6,11H,4,7-10H2,1-2H3,(H,26,30). The summed E-state index contributed by atoms with van der Waals surface area (Å²) in [7, 11) is 0. The topological polar surface area (TPSA) is 58.1 Å². The molecule has 1 aromatic heterocycles. The molecular weight excluding hydrogens is 407 g/mol. The molecule has 2 heterocycles. The van der Waals surface area contributed by atoms with Crippen molar-refractivity contribution in [2.45, 2.75) is 45.2 Å². The number of alkyl halides is 5. The quantitative estimate of drug-likeness (QED) is 0.700. The highest BCUT2D eigenvalue weighted by atomic mass is 19.4. The van der Waals surface area contributed by atoms with Gasteiger partial charge in [-0.15, -0.1) is 10.2 Å². The molecule has 1 aliphatic heterocycles. The van der Waals surface area contributed by atoms with Gasteiger partial charge in [0, 0.05) is 31.6 Å². The number of aromatic nitrogens is 2. The highest BCUT2D eigenvalue weighted by Gasteiger charge is 2.39. The molecule has 1 aliphatic rings. The predicted octanol–water partition coefficient (Wildman–Crippen LogP) is 4.99. The molecule has 1 fully saturated rings. The van der Waals surface area contributed by atoms with E-state index in [1.54, 1.807) is 31.2 Å². The molecule has 0 radical (unpaired) electrons. The maximum absolute atomic E-state index is 13.7. The Morgan fingerprint density at radius 2 is 1.87 bits per heavy atom. The molecule has 0 aliphatic carbocycles. The number of hydrogen-bond donors (Lipinski definition) is 1. The Morgan fingerprint density at radius 1 is 1.13 bits per heavy atom. The SMILES string of the molecule is Cc1cccc(NC(=O)c2c(N3CCCC(F)(F)CC3)nnc(C(F)(F)F)c2C)c1. The molecule has 1 amide bonds. The van der Waals surface area contributed by atoms with Gasteiger partial charge < -0.3 is 10.2 Å². The molecule has 3 rings (SSSR count). The van der Waals surface area contributed by atoms with Gasteiger partial charge in [0.2, 0.25) is 5.92 Å². The molecule has 0 saturated carbocycles. The van der Waals surface area contributed by atoms with Gasteiger partial charge in [-0.1, -0.05) is 12.1 Å². The normalized spacial score (nSPS) is 16.8. The van der Waals surface area contributed by atoms with Crippen LogP contribution in [-0.2, 0) is 6.18 Å². The van der Waals surface area contributed by atoms with E-state index in [9.17, 15) is 26.7 Å². The van der Waals surface area contributed by atoms with Gasteiger partial charge in [-0.2, -0.15) is 13.2 Å². The number of anilines is 2. The van der Waals surface area contributed by atoms with Crippen LogP contribution in [0.25, 0.3) is 0 Å². The van der Waals surface area contributed by atoms with Crippen LogP contribution in [0.2, 0.25) is 0 Å². The lowest BCUT2D eigenvalue weighted by molar-refractivity contribution is -0.142. The smallest absolute Gasteiger partial charge is 0.354 e. The first-order valence-corrected chi connectivity index (χ1v) is 9.43. The molecular formula is C20H21F5N4O. The summed E-state index contributed by atoms with van der Waals surface area (Å²) >= 11 is 0. The van der Waals surface area contributed by atoms with E-state index >= 15 is 0 Å². The van der Waals surface area contributed by atoms with Crippen LogP contribution in [0.4, 0.5) is 33.5 Å². The van der Waals surface area contributed by atoms with Gasteiger partial charge in [0.1, 0.15) is 0 Å². The number of amides is 1. The Labute approximate surface area is 170 Å². The van der Waals surface area contributed by atoms with Crippen LogP contribution in [0, 0.1) is 13.8 Å². The van der Waals surface area contributed by atoms with Crippen LogP contribution in [0.15, 0.2) is 24.3 Å². The van der Waals surface area contributed by atoms with Gasteiger partial charge >= 0.3 is 6.18 Å². The second-order valence-electron chi connectivity index (χ2n) is 7.39. The number of aryl methyl sites for hydroxylation is 1. The fourth-order valence-electron chi connectivity index (χ4n) is 3.46. The largest absolute Gasteiger partial charge is 0.435 e. The van der Waals surface area contributed by atoms with Crippen molar-refractivity contribution < 1.29 is 26.7 Å². The van der Waals surface area contributed by atoms with Crippen molar-refractivity contribution in [3.05, 3.63) is 46.6 Å². The second-order valence-corrected chi connectivity index (χ2v) is 7.39. The molecule has 162 valence electrons. The van der Waals surface area contributed by atoms with Crippen LogP contribution >= 0.6 is 0 Å². The summed E-state index contributed by atoms with van der Waals surface area (Å²) in [6.45, 7) is 2.94. The van der Waals surface area contributed by atoms with E-state index in [1.807, 2.05) is 0 Å². The number of carbonyl (C=O) groups excluding carboxylic acids is 1. The molecule has 1 N–H and O–H groups in total. The lowest BCUT2D eigenvalue weighted by Crippen LogP contribution is -2.31. The number of nitrogens with one attached hydrogen (secondary N) is 1. The van der Waals surface area contributed by atoms with E-state index in [-0.39, 0.29) is 37.3 Å². The maximum Gasteiger partial charge on any atom is 0.435 e. The highest BCUT2D eigenvalue weighted by molar-refractivity contribution is 6.08. The Hall–Kier alpha value is -2.78. The number of benzene rings is 1. The molecule has 2 aromatic rings. The Balaban J connectivity index is 2.04. The minimum atomic E-state index is -4.81. The number of halogens is 5. The van der Waals surface area contributed by atoms with E-state index in [4.69, 9.17) is 0 Å². The number of hydrogen-bond acceptors (Lipinski definition) is 4. The molecule has 0 spiro atoms. The number of nitrogens with zero attached hydrogens (tertiary/aromatic N) is 3. The lowest BCUT2D eigenvalue weighted by Gasteiger charge is -2.25. The zero-order valence-electron chi connectivity index (χ0n) is 16.5. The number of rotatable bonds is 3. The van der Waals surface area contributed by atoms with Gasteiger partial charge in [-0.25, -0.2) is 8.78 Å². The summed E-state index contributed by atoms with van der Waals surface area (Å²) in [4.78, 5) is 14.4. The average Bonchev–Trinajstić information content (AvgIpc) is 2.80. The first-order chi connectivity index (χ1) is 14.0. The monoisotopic (exact) mass is 428 g/mol. The second kappa shape index (κ2) is 8.16. The summed E-state index contributed by atoms with van der Waals surface area (Å²) < 4.78 is 67.6. The van der Waals surface area contributed by atoms with Crippen molar-refractivity contribution in [1.82, 2.24) is 10.2 Å². The molecule has 1 aromatic carbocycles. The Kier molecular flexibility index (Phi) is 5.96. The van der Waals surface area contributed by atoms with Crippen LogP contribution in [0.1, 0.15) is 46.4 Å². The van der Waals surface area contributed by atoms with Crippen molar-refractivity contribution in [3.63, 3.8) is 0 Å². The molecule has 10 heteroatoms. The van der Waals surface area contributed by atoms with Crippen LogP contribution in [-0.4, -0.2) is 35.1 Å². The van der Waals surface area contributed by atoms with Crippen LogP contribution < -0.4 is 10.2 Å². The first-order valence-electron chi connectivity index (χ1n) is 9.43. The van der Waals surface area contributed by atoms with Crippen molar-refractivity contribution >= 4 is 17.4 Å². The molecule has 5 nitrogen and oxygen atoms in total. The minimum Gasteiger partial charge on any atom is -0.354 e. The third-order valence-corrected chi connectivity index (χ3v) is 4.99. The summed E-state index contributed by atoms with van der Waals surface area (Å²) in [6.07, 6.45) is -5.50. The Morgan fingerprint density at radius 3 is 2.53 bits per heavy atom. The summed E-state index contributed by atoms with van der Waals surface area (Å²) in [5.74, 6) is -3.79. The van der Waals surface area contributed by atoms with E-state index in [0.717, 1.165) is 12.5 Å². The van der Waals surface area contributed by atoms with Gasteiger partial charge in [0.15, 0.2) is 11.5 Å². The van der Waals surface area contributed by atoms with Gasteiger partial charge in [0.25, 0.3) is 5.91 Å². The van der Waals surface area contributed by atoms with E-state index in [0.29, 0.717) is 5.69 Å². The van der Waals surface area contributed by atoms with Crippen molar-refractivity contribution in [2.75, 3.05) is 23.3 Å². The predicted molar refractivity (Wildman–Crippen MR) is 102 cm³/mol. The zero-order valence-corrected chi connectivity index (χ0v) is 16.5. The number of carbonyl (C=O) groups is 1. The van der Waals surface area contributed by atoms with Gasteiger partial charge in [0.05, 0.1) is 5.56 Å². The summed E-state index contributed by atoms with van der Waals surface area (Å²) in [5, 5.41) is 9.50. The molecule has 1 saturated heterocycles. The minimum absolute atomic E-state index is 0.119. The molecule has 0 atom stereocenters. The molecule has 0 unspecified atom stereocenters. The van der Waals surface area contributed by atoms with Crippen molar-refractivity contribution in [3.8, 4) is 0 Å². The highest BCUT2D eigenvalue weighted by Crippen LogP contribution is 2.36. The van der Waals surface area contributed by atoms with E-state index in [1.165, 1.54) is 4.90 Å². The summed E-state index contributed by atoms with van der Waals surface area (Å²) in [5.41, 5.74) is -0.736. The molecule has 30 heavy (non-hydrogen) atoms. The Bertz CT molecular complexity index is 945. The van der Waals surface area contributed by atoms with Crippen LogP contribution in [0.3, 0.4) is 0 Å². The third-order valence-electron chi connectivity index (χ3n) is 4.99. The third kappa shape index (κ3) is 4.85. The van der Waals surface area contributed by atoms with Crippen molar-refractivity contribution in [1.29, 1.82) is 0 Å².